The van der Waals surface area contributed by atoms with E-state index >= 15 is 0 Å². The molecule has 8 nitrogen and oxygen atoms in total. The van der Waals surface area contributed by atoms with E-state index in [9.17, 15) is 19.2 Å². The minimum atomic E-state index is -0.994. The van der Waals surface area contributed by atoms with Crippen LogP contribution in [0.15, 0.2) is 18.7 Å². The molecule has 1 aromatic heterocycles. The lowest BCUT2D eigenvalue weighted by Gasteiger charge is -2.18. The van der Waals surface area contributed by atoms with Gasteiger partial charge in [0.15, 0.2) is 5.78 Å². The Bertz CT molecular complexity index is 780. The van der Waals surface area contributed by atoms with Crippen LogP contribution in [0.25, 0.3) is 0 Å². The van der Waals surface area contributed by atoms with E-state index in [0.717, 1.165) is 16.3 Å². The van der Waals surface area contributed by atoms with E-state index in [1.54, 1.807) is 20.1 Å². The highest BCUT2D eigenvalue weighted by molar-refractivity contribution is 6.45. The van der Waals surface area contributed by atoms with Gasteiger partial charge in [-0.05, 0) is 26.8 Å². The fourth-order valence-electron chi connectivity index (χ4n) is 3.26. The first-order valence-corrected chi connectivity index (χ1v) is 8.23. The van der Waals surface area contributed by atoms with Gasteiger partial charge in [-0.3, -0.25) is 19.3 Å². The highest BCUT2D eigenvalue weighted by Crippen LogP contribution is 2.22. The lowest BCUT2D eigenvalue weighted by Crippen LogP contribution is -2.37. The molecule has 1 saturated heterocycles. The summed E-state index contributed by atoms with van der Waals surface area (Å²) in [5.74, 6) is -2.34. The highest BCUT2D eigenvalue weighted by atomic mass is 16.5. The largest absolute Gasteiger partial charge is 0.383 e. The molecule has 1 aromatic rings. The number of urea groups is 1. The normalized spacial score (nSPS) is 15.8. The molecule has 0 radical (unpaired) electrons. The Kier molecular flexibility index (Phi) is 5.76. The average molecular weight is 361 g/mol. The Morgan fingerprint density at radius 2 is 1.85 bits per heavy atom. The molecule has 140 valence electrons. The van der Waals surface area contributed by atoms with Crippen molar-refractivity contribution in [3.8, 4) is 0 Å². The Balaban J connectivity index is 2.24. The molecule has 8 heteroatoms. The first-order valence-electron chi connectivity index (χ1n) is 8.23. The van der Waals surface area contributed by atoms with Gasteiger partial charge in [-0.15, -0.1) is 6.58 Å². The van der Waals surface area contributed by atoms with E-state index in [-0.39, 0.29) is 12.6 Å². The first-order chi connectivity index (χ1) is 12.2. The zero-order chi connectivity index (χ0) is 19.6. The van der Waals surface area contributed by atoms with Gasteiger partial charge in [0.1, 0.15) is 0 Å². The van der Waals surface area contributed by atoms with E-state index < -0.39 is 30.2 Å². The second-order valence-corrected chi connectivity index (χ2v) is 6.26. The predicted molar refractivity (Wildman–Crippen MR) is 93.8 cm³/mol. The van der Waals surface area contributed by atoms with Crippen molar-refractivity contribution in [2.24, 2.45) is 0 Å². The molecule has 0 saturated carbocycles. The zero-order valence-electron chi connectivity index (χ0n) is 15.4. The number of imide groups is 2. The molecule has 0 aromatic carbocycles. The lowest BCUT2D eigenvalue weighted by molar-refractivity contribution is -0.142. The molecule has 0 unspecified atom stereocenters. The van der Waals surface area contributed by atoms with Crippen molar-refractivity contribution in [2.75, 3.05) is 26.8 Å². The zero-order valence-corrected chi connectivity index (χ0v) is 15.4. The van der Waals surface area contributed by atoms with Crippen molar-refractivity contribution >= 4 is 23.6 Å². The van der Waals surface area contributed by atoms with Crippen LogP contribution in [0, 0.1) is 13.8 Å². The second kappa shape index (κ2) is 7.65. The van der Waals surface area contributed by atoms with Gasteiger partial charge in [0.2, 0.25) is 0 Å². The minimum Gasteiger partial charge on any atom is -0.383 e. The standard InChI is InChI=1S/C18H23N3O5/c1-6-7-19-16(23)17(24)20(18(19)25)9-15(22)14-8-11(2)21(13(14)4)12(3)10-26-5/h6,8,12H,1,7,9-10H2,2-5H3/t12-/m1/s1. The first kappa shape index (κ1) is 19.6. The van der Waals surface area contributed by atoms with Crippen LogP contribution in [0.2, 0.25) is 0 Å². The van der Waals surface area contributed by atoms with Crippen LogP contribution in [0.3, 0.4) is 0 Å². The monoisotopic (exact) mass is 361 g/mol. The van der Waals surface area contributed by atoms with E-state index in [1.165, 1.54) is 6.08 Å². The summed E-state index contributed by atoms with van der Waals surface area (Å²) >= 11 is 0. The number of hydrogen-bond acceptors (Lipinski definition) is 5. The summed E-state index contributed by atoms with van der Waals surface area (Å²) in [5.41, 5.74) is 2.02. The maximum Gasteiger partial charge on any atom is 0.334 e. The SMILES string of the molecule is C=CCN1C(=O)C(=O)N(CC(=O)c2cc(C)n([C@H](C)COC)c2C)C1=O. The fraction of sp³-hybridized carbons (Fsp3) is 0.444. The highest BCUT2D eigenvalue weighted by Gasteiger charge is 2.44. The molecule has 4 amide bonds. The molecule has 0 spiro atoms. The van der Waals surface area contributed by atoms with Gasteiger partial charge in [-0.25, -0.2) is 9.69 Å². The van der Waals surface area contributed by atoms with Gasteiger partial charge in [0, 0.05) is 30.6 Å². The fourth-order valence-corrected chi connectivity index (χ4v) is 3.26. The number of nitrogens with zero attached hydrogens (tertiary/aromatic N) is 3. The van der Waals surface area contributed by atoms with Crippen molar-refractivity contribution < 1.29 is 23.9 Å². The van der Waals surface area contributed by atoms with Crippen molar-refractivity contribution in [2.45, 2.75) is 26.8 Å². The van der Waals surface area contributed by atoms with Crippen molar-refractivity contribution in [3.05, 3.63) is 35.7 Å². The van der Waals surface area contributed by atoms with Crippen LogP contribution in [0.4, 0.5) is 4.79 Å². The quantitative estimate of drug-likeness (QED) is 0.303. The number of Topliss-reactive ketones (excluding diaryl/α,β-unsaturated/α-hetero) is 1. The summed E-state index contributed by atoms with van der Waals surface area (Å²) in [5, 5.41) is 0. The Labute approximate surface area is 152 Å². The van der Waals surface area contributed by atoms with Crippen LogP contribution in [-0.4, -0.2) is 64.8 Å². The van der Waals surface area contributed by atoms with E-state index in [1.807, 2.05) is 18.4 Å². The molecular weight excluding hydrogens is 338 g/mol. The van der Waals surface area contributed by atoms with Crippen LogP contribution in [-0.2, 0) is 14.3 Å². The summed E-state index contributed by atoms with van der Waals surface area (Å²) in [7, 11) is 1.60. The third kappa shape index (κ3) is 3.32. The number of ketones is 1. The van der Waals surface area contributed by atoms with Crippen LogP contribution < -0.4 is 0 Å². The molecule has 0 N–H and O–H groups in total. The van der Waals surface area contributed by atoms with Gasteiger partial charge in [-0.2, -0.15) is 0 Å². The van der Waals surface area contributed by atoms with Gasteiger partial charge < -0.3 is 9.30 Å². The molecule has 1 aliphatic rings. The number of amides is 4. The maximum atomic E-state index is 12.7. The van der Waals surface area contributed by atoms with Gasteiger partial charge in [0.25, 0.3) is 0 Å². The molecule has 26 heavy (non-hydrogen) atoms. The molecular formula is C18H23N3O5. The third-order valence-corrected chi connectivity index (χ3v) is 4.38. The molecule has 2 heterocycles. The Morgan fingerprint density at radius 1 is 1.23 bits per heavy atom. The summed E-state index contributed by atoms with van der Waals surface area (Å²) in [6, 6.07) is 0.953. The number of carbonyl (C=O) groups excluding carboxylic acids is 4. The topological polar surface area (TPSA) is 88.9 Å². The molecule has 0 bridgehead atoms. The number of rotatable bonds is 8. The number of ether oxygens (including phenoxy) is 1. The number of aromatic nitrogens is 1. The molecule has 1 atom stereocenters. The summed E-state index contributed by atoms with van der Waals surface area (Å²) < 4.78 is 7.14. The van der Waals surface area contributed by atoms with Crippen molar-refractivity contribution in [3.63, 3.8) is 0 Å². The second-order valence-electron chi connectivity index (χ2n) is 6.26. The van der Waals surface area contributed by atoms with Gasteiger partial charge in [-0.1, -0.05) is 6.08 Å². The Hall–Kier alpha value is -2.74. The maximum absolute atomic E-state index is 12.7. The summed E-state index contributed by atoms with van der Waals surface area (Å²) in [6.45, 7) is 9.03. The summed E-state index contributed by atoms with van der Waals surface area (Å²) in [4.78, 5) is 50.2. The van der Waals surface area contributed by atoms with E-state index in [4.69, 9.17) is 4.74 Å². The van der Waals surface area contributed by atoms with Gasteiger partial charge >= 0.3 is 17.8 Å². The van der Waals surface area contributed by atoms with Crippen LogP contribution >= 0.6 is 0 Å². The molecule has 2 rings (SSSR count). The lowest BCUT2D eigenvalue weighted by atomic mass is 10.1. The van der Waals surface area contributed by atoms with E-state index in [2.05, 4.69) is 6.58 Å². The minimum absolute atomic E-state index is 0.0289. The Morgan fingerprint density at radius 3 is 2.42 bits per heavy atom. The predicted octanol–water partition coefficient (Wildman–Crippen LogP) is 1.47. The number of aryl methyl sites for hydroxylation is 1. The number of carbonyl (C=O) groups is 4. The van der Waals surface area contributed by atoms with E-state index in [0.29, 0.717) is 17.1 Å². The van der Waals surface area contributed by atoms with Crippen molar-refractivity contribution in [1.29, 1.82) is 0 Å². The van der Waals surface area contributed by atoms with Crippen LogP contribution in [0.1, 0.15) is 34.7 Å². The molecule has 1 aliphatic heterocycles. The third-order valence-electron chi connectivity index (χ3n) is 4.38. The molecule has 0 aliphatic carbocycles. The summed E-state index contributed by atoms with van der Waals surface area (Å²) in [6.07, 6.45) is 1.35. The average Bonchev–Trinajstić information content (AvgIpc) is 2.99. The number of hydrogen-bond donors (Lipinski definition) is 0. The van der Waals surface area contributed by atoms with Gasteiger partial charge in [0.05, 0.1) is 19.2 Å². The molecule has 1 fully saturated rings. The van der Waals surface area contributed by atoms with Crippen LogP contribution in [0.5, 0.6) is 0 Å². The number of methoxy groups -OCH3 is 1. The smallest absolute Gasteiger partial charge is 0.334 e. The van der Waals surface area contributed by atoms with Crippen molar-refractivity contribution in [1.82, 2.24) is 14.4 Å².